The van der Waals surface area contributed by atoms with Crippen molar-refractivity contribution in [3.8, 4) is 0 Å². The van der Waals surface area contributed by atoms with E-state index in [0.717, 1.165) is 4.31 Å². The fourth-order valence-electron chi connectivity index (χ4n) is 1.20. The Morgan fingerprint density at radius 3 is 2.72 bits per heavy atom. The molecule has 0 saturated heterocycles. The normalized spacial score (nSPS) is 11.8. The van der Waals surface area contributed by atoms with Gasteiger partial charge in [0.15, 0.2) is 0 Å². The summed E-state index contributed by atoms with van der Waals surface area (Å²) in [5.74, 6) is -0.663. The lowest BCUT2D eigenvalue weighted by atomic mass is 10.3. The van der Waals surface area contributed by atoms with Gasteiger partial charge < -0.3 is 5.11 Å². The van der Waals surface area contributed by atoms with E-state index in [1.807, 2.05) is 0 Å². The fourth-order valence-corrected chi connectivity index (χ4v) is 2.50. The molecule has 0 radical (unpaired) electrons. The number of benzene rings is 1. The van der Waals surface area contributed by atoms with Gasteiger partial charge in [0.05, 0.1) is 5.69 Å². The molecule has 0 atom stereocenters. The highest BCUT2D eigenvalue weighted by atomic mass is 79.9. The van der Waals surface area contributed by atoms with E-state index in [9.17, 15) is 12.8 Å². The van der Waals surface area contributed by atoms with Gasteiger partial charge in [0.1, 0.15) is 5.82 Å². The lowest BCUT2D eigenvalue weighted by Crippen LogP contribution is -2.33. The molecule has 1 rings (SSSR count). The van der Waals surface area contributed by atoms with Gasteiger partial charge >= 0.3 is 10.2 Å². The van der Waals surface area contributed by atoms with Crippen molar-refractivity contribution < 1.29 is 17.9 Å². The molecule has 1 aromatic carbocycles. The molecule has 0 aliphatic rings. The van der Waals surface area contributed by atoms with Crippen LogP contribution in [0, 0.1) is 5.82 Å². The Morgan fingerprint density at radius 2 is 2.17 bits per heavy atom. The van der Waals surface area contributed by atoms with Gasteiger partial charge in [0.25, 0.3) is 0 Å². The monoisotopic (exact) mass is 340 g/mol. The lowest BCUT2D eigenvalue weighted by Gasteiger charge is -2.18. The Labute approximate surface area is 114 Å². The summed E-state index contributed by atoms with van der Waals surface area (Å²) in [6, 6.07) is 4.04. The fraction of sp³-hybridized carbons (Fsp3) is 0.400. The van der Waals surface area contributed by atoms with Crippen LogP contribution >= 0.6 is 15.9 Å². The van der Waals surface area contributed by atoms with Crippen molar-refractivity contribution in [3.63, 3.8) is 0 Å². The predicted octanol–water partition coefficient (Wildman–Crippen LogP) is 1.56. The SMILES string of the molecule is CN(CCCO)S(=O)(=O)Nc1ccc(Br)cc1F. The zero-order valence-corrected chi connectivity index (χ0v) is 12.1. The molecule has 0 spiro atoms. The molecule has 0 aliphatic heterocycles. The lowest BCUT2D eigenvalue weighted by molar-refractivity contribution is 0.276. The maximum atomic E-state index is 13.5. The average Bonchev–Trinajstić information content (AvgIpc) is 2.29. The van der Waals surface area contributed by atoms with E-state index in [1.54, 1.807) is 0 Å². The summed E-state index contributed by atoms with van der Waals surface area (Å²) >= 11 is 3.08. The smallest absolute Gasteiger partial charge is 0.301 e. The van der Waals surface area contributed by atoms with E-state index in [0.29, 0.717) is 10.9 Å². The summed E-state index contributed by atoms with van der Waals surface area (Å²) in [6.45, 7) is 0.0521. The Bertz CT molecular complexity index is 510. The molecule has 0 aliphatic carbocycles. The third-order valence-corrected chi connectivity index (χ3v) is 4.19. The molecule has 0 heterocycles. The van der Waals surface area contributed by atoms with Crippen LogP contribution in [0.1, 0.15) is 6.42 Å². The maximum Gasteiger partial charge on any atom is 0.301 e. The summed E-state index contributed by atoms with van der Waals surface area (Å²) in [5, 5.41) is 8.64. The molecule has 8 heteroatoms. The number of rotatable bonds is 6. The number of hydrogen-bond donors (Lipinski definition) is 2. The number of anilines is 1. The Morgan fingerprint density at radius 1 is 1.50 bits per heavy atom. The van der Waals surface area contributed by atoms with Crippen molar-refractivity contribution in [3.05, 3.63) is 28.5 Å². The van der Waals surface area contributed by atoms with Crippen molar-refractivity contribution in [2.75, 3.05) is 24.9 Å². The van der Waals surface area contributed by atoms with Crippen LogP contribution in [0.5, 0.6) is 0 Å². The summed E-state index contributed by atoms with van der Waals surface area (Å²) < 4.78 is 40.8. The molecule has 1 aromatic rings. The van der Waals surface area contributed by atoms with E-state index < -0.39 is 16.0 Å². The van der Waals surface area contributed by atoms with Crippen molar-refractivity contribution in [1.82, 2.24) is 4.31 Å². The van der Waals surface area contributed by atoms with Crippen molar-refractivity contribution in [2.45, 2.75) is 6.42 Å². The molecule has 0 fully saturated rings. The van der Waals surface area contributed by atoms with Gasteiger partial charge in [0.2, 0.25) is 0 Å². The van der Waals surface area contributed by atoms with Gasteiger partial charge in [-0.1, -0.05) is 15.9 Å². The largest absolute Gasteiger partial charge is 0.396 e. The van der Waals surface area contributed by atoms with Gasteiger partial charge in [-0.05, 0) is 24.6 Å². The van der Waals surface area contributed by atoms with E-state index in [2.05, 4.69) is 20.7 Å². The van der Waals surface area contributed by atoms with E-state index >= 15 is 0 Å². The minimum atomic E-state index is -3.80. The molecule has 102 valence electrons. The number of nitrogens with zero attached hydrogens (tertiary/aromatic N) is 1. The summed E-state index contributed by atoms with van der Waals surface area (Å²) in [5.41, 5.74) is -0.117. The molecular formula is C10H14BrFN2O3S. The van der Waals surface area contributed by atoms with Gasteiger partial charge in [0, 0.05) is 24.7 Å². The third-order valence-electron chi connectivity index (χ3n) is 2.21. The minimum Gasteiger partial charge on any atom is -0.396 e. The highest BCUT2D eigenvalue weighted by Gasteiger charge is 2.18. The van der Waals surface area contributed by atoms with Gasteiger partial charge in [-0.3, -0.25) is 4.72 Å². The van der Waals surface area contributed by atoms with Crippen LogP contribution in [0.4, 0.5) is 10.1 Å². The van der Waals surface area contributed by atoms with Crippen LogP contribution in [-0.4, -0.2) is 38.0 Å². The van der Waals surface area contributed by atoms with Crippen LogP contribution in [0.3, 0.4) is 0 Å². The number of halogens is 2. The number of nitrogens with one attached hydrogen (secondary N) is 1. The summed E-state index contributed by atoms with van der Waals surface area (Å²) in [7, 11) is -2.45. The van der Waals surface area contributed by atoms with Crippen molar-refractivity contribution in [2.24, 2.45) is 0 Å². The molecule has 0 aromatic heterocycles. The Hall–Kier alpha value is -0.700. The van der Waals surface area contributed by atoms with Gasteiger partial charge in [-0.2, -0.15) is 12.7 Å². The second-order valence-electron chi connectivity index (χ2n) is 3.63. The van der Waals surface area contributed by atoms with Crippen molar-refractivity contribution >= 4 is 31.8 Å². The van der Waals surface area contributed by atoms with Crippen LogP contribution < -0.4 is 4.72 Å². The van der Waals surface area contributed by atoms with E-state index in [4.69, 9.17) is 5.11 Å². The first-order chi connectivity index (χ1) is 8.36. The molecular weight excluding hydrogens is 327 g/mol. The second-order valence-corrected chi connectivity index (χ2v) is 6.32. The van der Waals surface area contributed by atoms with Crippen LogP contribution in [0.15, 0.2) is 22.7 Å². The predicted molar refractivity (Wildman–Crippen MR) is 71.0 cm³/mol. The second kappa shape index (κ2) is 6.46. The van der Waals surface area contributed by atoms with E-state index in [-0.39, 0.29) is 18.8 Å². The average molecular weight is 341 g/mol. The van der Waals surface area contributed by atoms with Crippen LogP contribution in [-0.2, 0) is 10.2 Å². The molecule has 0 saturated carbocycles. The highest BCUT2D eigenvalue weighted by Crippen LogP contribution is 2.20. The summed E-state index contributed by atoms with van der Waals surface area (Å²) in [4.78, 5) is 0. The van der Waals surface area contributed by atoms with Crippen LogP contribution in [0.2, 0.25) is 0 Å². The first-order valence-electron chi connectivity index (χ1n) is 5.17. The molecule has 0 bridgehead atoms. The van der Waals surface area contributed by atoms with Gasteiger partial charge in [-0.15, -0.1) is 0 Å². The zero-order chi connectivity index (χ0) is 13.8. The molecule has 2 N–H and O–H groups in total. The zero-order valence-electron chi connectivity index (χ0n) is 9.73. The highest BCUT2D eigenvalue weighted by molar-refractivity contribution is 9.10. The first kappa shape index (κ1) is 15.4. The topological polar surface area (TPSA) is 69.6 Å². The first-order valence-corrected chi connectivity index (χ1v) is 7.40. The molecule has 5 nitrogen and oxygen atoms in total. The number of aliphatic hydroxyl groups is 1. The van der Waals surface area contributed by atoms with E-state index in [1.165, 1.54) is 25.2 Å². The standard InChI is InChI=1S/C10H14BrFN2O3S/c1-14(5-2-6-15)18(16,17)13-10-4-3-8(11)7-9(10)12/h3-4,7,13,15H,2,5-6H2,1H3. The minimum absolute atomic E-state index is 0.105. The number of aliphatic hydroxyl groups excluding tert-OH is 1. The number of hydrogen-bond acceptors (Lipinski definition) is 3. The molecule has 18 heavy (non-hydrogen) atoms. The van der Waals surface area contributed by atoms with Crippen LogP contribution in [0.25, 0.3) is 0 Å². The molecule has 0 unspecified atom stereocenters. The maximum absolute atomic E-state index is 13.5. The van der Waals surface area contributed by atoms with Crippen molar-refractivity contribution in [1.29, 1.82) is 0 Å². The van der Waals surface area contributed by atoms with Gasteiger partial charge in [-0.25, -0.2) is 4.39 Å². The molecule has 0 amide bonds. The summed E-state index contributed by atoms with van der Waals surface area (Å²) in [6.07, 6.45) is 0.320. The third kappa shape index (κ3) is 4.20. The Balaban J connectivity index is 2.82. The Kier molecular flexibility index (Phi) is 5.51. The quantitative estimate of drug-likeness (QED) is 0.825.